The van der Waals surface area contributed by atoms with Gasteiger partial charge in [0, 0.05) is 55.1 Å². The molecule has 0 bridgehead atoms. The van der Waals surface area contributed by atoms with Crippen LogP contribution in [-0.2, 0) is 11.3 Å². The summed E-state index contributed by atoms with van der Waals surface area (Å²) in [4.78, 5) is 17.0. The monoisotopic (exact) mass is 405 g/mol. The Labute approximate surface area is 170 Å². The molecule has 0 aromatic heterocycles. The summed E-state index contributed by atoms with van der Waals surface area (Å²) in [6.07, 6.45) is 0.440. The van der Waals surface area contributed by atoms with Gasteiger partial charge in [-0.05, 0) is 41.9 Å². The topological polar surface area (TPSA) is 49.6 Å². The van der Waals surface area contributed by atoms with Gasteiger partial charge in [-0.25, -0.2) is 0 Å². The van der Waals surface area contributed by atoms with E-state index in [1.807, 2.05) is 41.3 Å². The highest BCUT2D eigenvalue weighted by molar-refractivity contribution is 6.30. The molecule has 2 aromatic carbocycles. The number of nitrogens with zero attached hydrogens (tertiary/aromatic N) is 2. The lowest BCUT2D eigenvalue weighted by atomic mass is 9.95. The van der Waals surface area contributed by atoms with E-state index in [0.29, 0.717) is 18.0 Å². The van der Waals surface area contributed by atoms with Crippen LogP contribution >= 0.6 is 23.2 Å². The lowest BCUT2D eigenvalue weighted by Crippen LogP contribution is -2.48. The molecule has 3 rings (SSSR count). The van der Waals surface area contributed by atoms with Crippen LogP contribution in [0.25, 0.3) is 0 Å². The van der Waals surface area contributed by atoms with Gasteiger partial charge in [-0.1, -0.05) is 47.5 Å². The molecule has 1 aliphatic rings. The van der Waals surface area contributed by atoms with E-state index in [4.69, 9.17) is 28.9 Å². The minimum absolute atomic E-state index is 0.0295. The maximum atomic E-state index is 12.7. The molecule has 4 nitrogen and oxygen atoms in total. The highest BCUT2D eigenvalue weighted by atomic mass is 35.5. The van der Waals surface area contributed by atoms with Gasteiger partial charge in [-0.2, -0.15) is 0 Å². The molecule has 2 N–H and O–H groups in total. The zero-order valence-corrected chi connectivity index (χ0v) is 16.8. The highest BCUT2D eigenvalue weighted by Gasteiger charge is 2.24. The van der Waals surface area contributed by atoms with Gasteiger partial charge in [-0.15, -0.1) is 0 Å². The van der Waals surface area contributed by atoms with Gasteiger partial charge in [0.25, 0.3) is 0 Å². The normalized spacial score (nSPS) is 16.3. The number of carbonyl (C=O) groups is 1. The second-order valence-electron chi connectivity index (χ2n) is 6.97. The van der Waals surface area contributed by atoms with Crippen molar-refractivity contribution >= 4 is 29.1 Å². The van der Waals surface area contributed by atoms with Crippen LogP contribution in [0.5, 0.6) is 0 Å². The quantitative estimate of drug-likeness (QED) is 0.795. The van der Waals surface area contributed by atoms with Crippen LogP contribution in [0, 0.1) is 0 Å². The molecular formula is C21H25Cl2N3O. The molecule has 144 valence electrons. The fourth-order valence-electron chi connectivity index (χ4n) is 3.42. The third-order valence-corrected chi connectivity index (χ3v) is 5.60. The first-order chi connectivity index (χ1) is 13.0. The van der Waals surface area contributed by atoms with Gasteiger partial charge in [-0.3, -0.25) is 9.69 Å². The number of halogens is 2. The SMILES string of the molecule is NCC(CC(=O)N1CCN(Cc2ccc(Cl)cc2)CC1)c1ccc(Cl)cc1. The zero-order chi connectivity index (χ0) is 19.2. The van der Waals surface area contributed by atoms with Gasteiger partial charge in [0.2, 0.25) is 5.91 Å². The fraction of sp³-hybridized carbons (Fsp3) is 0.381. The van der Waals surface area contributed by atoms with Crippen LogP contribution in [0.15, 0.2) is 48.5 Å². The predicted octanol–water partition coefficient (Wildman–Crippen LogP) is 3.77. The zero-order valence-electron chi connectivity index (χ0n) is 15.3. The largest absolute Gasteiger partial charge is 0.340 e. The van der Waals surface area contributed by atoms with Gasteiger partial charge in [0.15, 0.2) is 0 Å². The number of piperazine rings is 1. The minimum Gasteiger partial charge on any atom is -0.340 e. The van der Waals surface area contributed by atoms with Gasteiger partial charge in [0.05, 0.1) is 0 Å². The van der Waals surface area contributed by atoms with Crippen LogP contribution in [0.2, 0.25) is 10.0 Å². The first-order valence-corrected chi connectivity index (χ1v) is 10.0. The van der Waals surface area contributed by atoms with E-state index in [9.17, 15) is 4.79 Å². The van der Waals surface area contributed by atoms with Crippen molar-refractivity contribution in [2.75, 3.05) is 32.7 Å². The smallest absolute Gasteiger partial charge is 0.223 e. The molecular weight excluding hydrogens is 381 g/mol. The van der Waals surface area contributed by atoms with Crippen LogP contribution in [0.3, 0.4) is 0 Å². The summed E-state index contributed by atoms with van der Waals surface area (Å²) >= 11 is 11.9. The number of hydrogen-bond donors (Lipinski definition) is 1. The van der Waals surface area contributed by atoms with Gasteiger partial charge in [0.1, 0.15) is 0 Å². The average molecular weight is 406 g/mol. The Morgan fingerprint density at radius 2 is 1.48 bits per heavy atom. The van der Waals surface area contributed by atoms with Crippen molar-refractivity contribution in [1.29, 1.82) is 0 Å². The summed E-state index contributed by atoms with van der Waals surface area (Å²) in [6, 6.07) is 15.5. The van der Waals surface area contributed by atoms with E-state index in [-0.39, 0.29) is 11.8 Å². The van der Waals surface area contributed by atoms with Crippen molar-refractivity contribution in [1.82, 2.24) is 9.80 Å². The first kappa shape index (κ1) is 20.2. The molecule has 6 heteroatoms. The summed E-state index contributed by atoms with van der Waals surface area (Å²) in [5, 5.41) is 1.45. The van der Waals surface area contributed by atoms with Crippen LogP contribution < -0.4 is 5.73 Å². The van der Waals surface area contributed by atoms with E-state index in [2.05, 4.69) is 17.0 Å². The maximum absolute atomic E-state index is 12.7. The molecule has 1 amide bonds. The average Bonchev–Trinajstić information content (AvgIpc) is 2.69. The second kappa shape index (κ2) is 9.56. The van der Waals surface area contributed by atoms with Crippen molar-refractivity contribution in [3.63, 3.8) is 0 Å². The molecule has 0 saturated carbocycles. The molecule has 1 unspecified atom stereocenters. The van der Waals surface area contributed by atoms with E-state index in [1.165, 1.54) is 5.56 Å². The molecule has 1 saturated heterocycles. The molecule has 27 heavy (non-hydrogen) atoms. The van der Waals surface area contributed by atoms with Crippen molar-refractivity contribution in [2.45, 2.75) is 18.9 Å². The van der Waals surface area contributed by atoms with Crippen LogP contribution in [0.4, 0.5) is 0 Å². The van der Waals surface area contributed by atoms with Crippen molar-refractivity contribution < 1.29 is 4.79 Å². The van der Waals surface area contributed by atoms with Gasteiger partial charge < -0.3 is 10.6 Å². The number of amides is 1. The molecule has 0 radical (unpaired) electrons. The Bertz CT molecular complexity index is 741. The maximum Gasteiger partial charge on any atom is 0.223 e. The second-order valence-corrected chi connectivity index (χ2v) is 7.84. The Hall–Kier alpha value is -1.59. The molecule has 1 aliphatic heterocycles. The third kappa shape index (κ3) is 5.69. The Kier molecular flexibility index (Phi) is 7.13. The minimum atomic E-state index is 0.0295. The third-order valence-electron chi connectivity index (χ3n) is 5.09. The van der Waals surface area contributed by atoms with E-state index >= 15 is 0 Å². The van der Waals surface area contributed by atoms with Crippen molar-refractivity contribution in [3.8, 4) is 0 Å². The molecule has 0 spiro atoms. The molecule has 1 atom stereocenters. The fourth-order valence-corrected chi connectivity index (χ4v) is 3.67. The Morgan fingerprint density at radius 1 is 0.926 bits per heavy atom. The summed E-state index contributed by atoms with van der Waals surface area (Å²) in [5.74, 6) is 0.202. The molecule has 1 fully saturated rings. The van der Waals surface area contributed by atoms with Crippen LogP contribution in [0.1, 0.15) is 23.5 Å². The number of carbonyl (C=O) groups excluding carboxylic acids is 1. The summed E-state index contributed by atoms with van der Waals surface area (Å²) < 4.78 is 0. The number of hydrogen-bond acceptors (Lipinski definition) is 3. The standard InChI is InChI=1S/C21H25Cl2N3O/c22-19-5-1-16(2-6-19)15-25-9-11-26(12-10-25)21(27)13-18(14-24)17-3-7-20(23)8-4-17/h1-8,18H,9-15,24H2. The lowest BCUT2D eigenvalue weighted by molar-refractivity contribution is -0.133. The molecule has 2 aromatic rings. The van der Waals surface area contributed by atoms with Crippen molar-refractivity contribution in [3.05, 3.63) is 69.7 Å². The summed E-state index contributed by atoms with van der Waals surface area (Å²) in [7, 11) is 0. The first-order valence-electron chi connectivity index (χ1n) is 9.25. The van der Waals surface area contributed by atoms with Gasteiger partial charge >= 0.3 is 0 Å². The summed E-state index contributed by atoms with van der Waals surface area (Å²) in [5.41, 5.74) is 8.23. The van der Waals surface area contributed by atoms with Crippen LogP contribution in [-0.4, -0.2) is 48.4 Å². The summed E-state index contributed by atoms with van der Waals surface area (Å²) in [6.45, 7) is 4.60. The van der Waals surface area contributed by atoms with E-state index < -0.39 is 0 Å². The van der Waals surface area contributed by atoms with E-state index in [1.54, 1.807) is 0 Å². The Morgan fingerprint density at radius 3 is 2.04 bits per heavy atom. The number of nitrogens with two attached hydrogens (primary N) is 1. The van der Waals surface area contributed by atoms with Crippen molar-refractivity contribution in [2.24, 2.45) is 5.73 Å². The number of rotatable bonds is 6. The van der Waals surface area contributed by atoms with E-state index in [0.717, 1.165) is 43.3 Å². The highest BCUT2D eigenvalue weighted by Crippen LogP contribution is 2.22. The number of benzene rings is 2. The predicted molar refractivity (Wildman–Crippen MR) is 111 cm³/mol. The molecule has 1 heterocycles. The molecule has 0 aliphatic carbocycles. The Balaban J connectivity index is 1.50. The lowest BCUT2D eigenvalue weighted by Gasteiger charge is -2.35.